The molecule has 2 N–H and O–H groups in total. The Labute approximate surface area is 250 Å². The van der Waals surface area contributed by atoms with E-state index in [2.05, 4.69) is 49.3 Å². The van der Waals surface area contributed by atoms with Gasteiger partial charge in [-0.2, -0.15) is 0 Å². The van der Waals surface area contributed by atoms with E-state index in [4.69, 9.17) is 4.74 Å². The van der Waals surface area contributed by atoms with Gasteiger partial charge in [0.1, 0.15) is 5.60 Å². The zero-order chi connectivity index (χ0) is 29.6. The third kappa shape index (κ3) is 8.58. The monoisotopic (exact) mass is 624 g/mol. The summed E-state index contributed by atoms with van der Waals surface area (Å²) in [6.45, 7) is 7.34. The van der Waals surface area contributed by atoms with Crippen LogP contribution in [0.25, 0.3) is 10.9 Å². The number of benzene rings is 2. The molecule has 0 radical (unpaired) electrons. The maximum Gasteiger partial charge on any atom is 0.407 e. The first-order valence-electron chi connectivity index (χ1n) is 14.3. The molecule has 0 aliphatic carbocycles. The fourth-order valence-corrected chi connectivity index (χ4v) is 5.76. The van der Waals surface area contributed by atoms with Crippen LogP contribution >= 0.6 is 15.9 Å². The van der Waals surface area contributed by atoms with Gasteiger partial charge >= 0.3 is 6.09 Å². The van der Waals surface area contributed by atoms with Crippen LogP contribution in [-0.2, 0) is 27.3 Å². The summed E-state index contributed by atoms with van der Waals surface area (Å²) in [7, 11) is 1.66. The lowest BCUT2D eigenvalue weighted by Gasteiger charge is -2.34. The Bertz CT molecular complexity index is 1360. The zero-order valence-electron chi connectivity index (χ0n) is 24.4. The van der Waals surface area contributed by atoms with Crippen LogP contribution in [0.3, 0.4) is 0 Å². The third-order valence-electron chi connectivity index (χ3n) is 7.41. The van der Waals surface area contributed by atoms with E-state index in [0.717, 1.165) is 39.5 Å². The van der Waals surface area contributed by atoms with Crippen LogP contribution in [0.2, 0.25) is 0 Å². The van der Waals surface area contributed by atoms with E-state index in [1.165, 1.54) is 0 Å². The molecule has 0 saturated carbocycles. The molecule has 41 heavy (non-hydrogen) atoms. The number of hydrogen-bond donors (Lipinski definition) is 2. The van der Waals surface area contributed by atoms with E-state index >= 15 is 0 Å². The molecule has 2 aromatic carbocycles. The lowest BCUT2D eigenvalue weighted by Crippen LogP contribution is -2.46. The van der Waals surface area contributed by atoms with Crippen LogP contribution in [0, 0.1) is 0 Å². The van der Waals surface area contributed by atoms with Gasteiger partial charge in [-0.05, 0) is 75.2 Å². The number of carbonyl (C=O) groups is 3. The van der Waals surface area contributed by atoms with E-state index in [1.807, 2.05) is 62.1 Å². The second kappa shape index (κ2) is 13.6. The zero-order valence-corrected chi connectivity index (χ0v) is 26.0. The number of piperidine rings is 1. The van der Waals surface area contributed by atoms with Gasteiger partial charge in [0.15, 0.2) is 0 Å². The number of hydrogen-bond acceptors (Lipinski definition) is 4. The van der Waals surface area contributed by atoms with Gasteiger partial charge in [0.05, 0.1) is 0 Å². The van der Waals surface area contributed by atoms with Crippen molar-refractivity contribution in [2.75, 3.05) is 20.1 Å². The van der Waals surface area contributed by atoms with Gasteiger partial charge < -0.3 is 24.8 Å². The van der Waals surface area contributed by atoms with Crippen molar-refractivity contribution >= 4 is 44.7 Å². The number of nitrogens with one attached hydrogen (secondary N) is 2. The first kappa shape index (κ1) is 30.6. The third-order valence-corrected chi connectivity index (χ3v) is 7.94. The van der Waals surface area contributed by atoms with Gasteiger partial charge in [-0.3, -0.25) is 9.59 Å². The molecule has 0 spiro atoms. The number of rotatable bonds is 9. The minimum atomic E-state index is -0.632. The number of likely N-dealkylation sites (tertiary alicyclic amines) is 1. The maximum absolute atomic E-state index is 13.7. The molecule has 1 aromatic heterocycles. The Morgan fingerprint density at radius 3 is 2.54 bits per heavy atom. The Balaban J connectivity index is 1.50. The molecule has 0 bridgehead atoms. The van der Waals surface area contributed by atoms with Gasteiger partial charge in [0.2, 0.25) is 11.8 Å². The molecule has 1 aliphatic rings. The minimum Gasteiger partial charge on any atom is -0.444 e. The summed E-state index contributed by atoms with van der Waals surface area (Å²) in [5, 5.41) is 6.80. The minimum absolute atomic E-state index is 0.00322. The van der Waals surface area contributed by atoms with E-state index in [0.29, 0.717) is 32.5 Å². The molecule has 1 unspecified atom stereocenters. The average Bonchev–Trinajstić information content (AvgIpc) is 3.30. The molecule has 9 heteroatoms. The highest BCUT2D eigenvalue weighted by Gasteiger charge is 2.30. The summed E-state index contributed by atoms with van der Waals surface area (Å²) >= 11 is 3.47. The fraction of sp³-hybridized carbons (Fsp3) is 0.469. The van der Waals surface area contributed by atoms with E-state index in [-0.39, 0.29) is 24.2 Å². The van der Waals surface area contributed by atoms with Gasteiger partial charge in [0.25, 0.3) is 0 Å². The summed E-state index contributed by atoms with van der Waals surface area (Å²) < 4.78 is 8.72. The van der Waals surface area contributed by atoms with Crippen molar-refractivity contribution in [1.82, 2.24) is 20.1 Å². The maximum atomic E-state index is 13.7. The molecular weight excluding hydrogens is 584 g/mol. The predicted molar refractivity (Wildman–Crippen MR) is 165 cm³/mol. The van der Waals surface area contributed by atoms with Gasteiger partial charge in [-0.25, -0.2) is 4.79 Å². The molecule has 220 valence electrons. The molecule has 1 saturated heterocycles. The number of ether oxygens (including phenoxy) is 1. The number of halogens is 1. The van der Waals surface area contributed by atoms with Crippen LogP contribution in [0.4, 0.5) is 4.79 Å². The fourth-order valence-electron chi connectivity index (χ4n) is 5.50. The second-order valence-electron chi connectivity index (χ2n) is 11.8. The SMILES string of the molecule is CNC(=O)CCn1c(C2CCCN(C(=O)C[C@@H](Cc3ccc(Br)cc3)NC(=O)OC(C)(C)C)C2)cc2ccccc21. The molecule has 2 atom stereocenters. The number of para-hydroxylation sites is 1. The lowest BCUT2D eigenvalue weighted by molar-refractivity contribution is -0.133. The van der Waals surface area contributed by atoms with Crippen molar-refractivity contribution in [2.45, 2.75) is 77.0 Å². The molecule has 3 aromatic rings. The highest BCUT2D eigenvalue weighted by atomic mass is 79.9. The highest BCUT2D eigenvalue weighted by Crippen LogP contribution is 2.32. The topological polar surface area (TPSA) is 92.7 Å². The van der Waals surface area contributed by atoms with Crippen molar-refractivity contribution in [3.63, 3.8) is 0 Å². The molecular formula is C32H41BrN4O4. The average molecular weight is 626 g/mol. The standard InChI is InChI=1S/C32H41BrN4O4/c1-32(2,3)41-31(40)35-26(18-22-11-13-25(33)14-12-22)20-30(39)36-16-7-9-24(21-36)28-19-23-8-5-6-10-27(23)37(28)17-15-29(38)34-4/h5-6,8,10-14,19,24,26H,7,9,15-18,20-21H2,1-4H3,(H,34,38)(H,35,40)/t24?,26-/m1/s1. The Morgan fingerprint density at radius 1 is 1.10 bits per heavy atom. The summed E-state index contributed by atoms with van der Waals surface area (Å²) in [4.78, 5) is 40.3. The summed E-state index contributed by atoms with van der Waals surface area (Å²) in [5.41, 5.74) is 2.66. The largest absolute Gasteiger partial charge is 0.444 e. The number of nitrogens with zero attached hydrogens (tertiary/aromatic N) is 2. The van der Waals surface area contributed by atoms with Gasteiger partial charge in [-0.1, -0.05) is 46.3 Å². The van der Waals surface area contributed by atoms with Crippen molar-refractivity contribution in [3.05, 3.63) is 70.3 Å². The summed E-state index contributed by atoms with van der Waals surface area (Å²) in [5.74, 6) is 0.179. The van der Waals surface area contributed by atoms with E-state index in [1.54, 1.807) is 7.05 Å². The number of aryl methyl sites for hydroxylation is 1. The smallest absolute Gasteiger partial charge is 0.407 e. The first-order valence-corrected chi connectivity index (χ1v) is 15.1. The number of fused-ring (bicyclic) bond motifs is 1. The van der Waals surface area contributed by atoms with Crippen LogP contribution in [-0.4, -0.2) is 59.2 Å². The number of amides is 3. The van der Waals surface area contributed by atoms with Crippen molar-refractivity contribution in [2.24, 2.45) is 0 Å². The molecule has 2 heterocycles. The molecule has 4 rings (SSSR count). The number of carbonyl (C=O) groups excluding carboxylic acids is 3. The predicted octanol–water partition coefficient (Wildman–Crippen LogP) is 5.77. The van der Waals surface area contributed by atoms with E-state index in [9.17, 15) is 14.4 Å². The second-order valence-corrected chi connectivity index (χ2v) is 12.7. The Hall–Kier alpha value is -3.33. The van der Waals surface area contributed by atoms with Gasteiger partial charge in [0, 0.05) is 67.2 Å². The molecule has 1 aliphatic heterocycles. The molecule has 1 fully saturated rings. The Morgan fingerprint density at radius 2 is 1.83 bits per heavy atom. The molecule has 3 amide bonds. The highest BCUT2D eigenvalue weighted by molar-refractivity contribution is 9.10. The quantitative estimate of drug-likeness (QED) is 0.316. The lowest BCUT2D eigenvalue weighted by atomic mass is 9.93. The first-order chi connectivity index (χ1) is 19.5. The van der Waals surface area contributed by atoms with Crippen LogP contribution < -0.4 is 10.6 Å². The number of alkyl carbamates (subject to hydrolysis) is 1. The van der Waals surface area contributed by atoms with Crippen LogP contribution in [0.5, 0.6) is 0 Å². The number of aromatic nitrogens is 1. The Kier molecular flexibility index (Phi) is 10.1. The van der Waals surface area contributed by atoms with Crippen molar-refractivity contribution in [1.29, 1.82) is 0 Å². The van der Waals surface area contributed by atoms with Crippen molar-refractivity contribution < 1.29 is 19.1 Å². The van der Waals surface area contributed by atoms with Crippen LogP contribution in [0.15, 0.2) is 59.1 Å². The summed E-state index contributed by atoms with van der Waals surface area (Å²) in [6.07, 6.45) is 2.43. The van der Waals surface area contributed by atoms with Crippen molar-refractivity contribution in [3.8, 4) is 0 Å². The van der Waals surface area contributed by atoms with E-state index < -0.39 is 17.7 Å². The molecule has 8 nitrogen and oxygen atoms in total. The normalized spacial score (nSPS) is 16.3. The van der Waals surface area contributed by atoms with Crippen LogP contribution in [0.1, 0.15) is 63.6 Å². The summed E-state index contributed by atoms with van der Waals surface area (Å²) in [6, 6.07) is 17.9. The van der Waals surface area contributed by atoms with Gasteiger partial charge in [-0.15, -0.1) is 0 Å².